The second kappa shape index (κ2) is 5.10. The van der Waals surface area contributed by atoms with Crippen LogP contribution < -0.4 is 0 Å². The van der Waals surface area contributed by atoms with Crippen LogP contribution in [0.3, 0.4) is 0 Å². The van der Waals surface area contributed by atoms with E-state index < -0.39 is 5.82 Å². The summed E-state index contributed by atoms with van der Waals surface area (Å²) in [7, 11) is 0. The number of aryl methyl sites for hydroxylation is 1. The highest BCUT2D eigenvalue weighted by Crippen LogP contribution is 2.26. The molecule has 2 aromatic rings. The first-order chi connectivity index (χ1) is 8.13. The van der Waals surface area contributed by atoms with Crippen LogP contribution in [-0.4, -0.2) is 5.78 Å². The minimum absolute atomic E-state index is 0.108. The molecule has 0 fully saturated rings. The van der Waals surface area contributed by atoms with E-state index in [0.717, 1.165) is 11.3 Å². The molecule has 0 aliphatic heterocycles. The first kappa shape index (κ1) is 12.5. The van der Waals surface area contributed by atoms with Gasteiger partial charge in [0.05, 0.1) is 10.4 Å². The van der Waals surface area contributed by atoms with Crippen LogP contribution in [0.4, 0.5) is 4.39 Å². The van der Waals surface area contributed by atoms with Crippen molar-refractivity contribution in [2.75, 3.05) is 0 Å². The molecule has 1 heterocycles. The van der Waals surface area contributed by atoms with Crippen molar-refractivity contribution in [1.82, 2.24) is 0 Å². The maximum atomic E-state index is 13.6. The summed E-state index contributed by atoms with van der Waals surface area (Å²) < 4.78 is 14.1. The van der Waals surface area contributed by atoms with E-state index in [0.29, 0.717) is 9.35 Å². The lowest BCUT2D eigenvalue weighted by Gasteiger charge is -2.02. The molecule has 1 aromatic heterocycles. The summed E-state index contributed by atoms with van der Waals surface area (Å²) in [5.74, 6) is -0.754. The molecule has 0 spiro atoms. The fraction of sp³-hybridized carbons (Fsp3) is 0.154. The molecule has 2 rings (SSSR count). The van der Waals surface area contributed by atoms with Crippen molar-refractivity contribution in [1.29, 1.82) is 0 Å². The van der Waals surface area contributed by atoms with E-state index >= 15 is 0 Å². The number of hydrogen-bond acceptors (Lipinski definition) is 2. The summed E-state index contributed by atoms with van der Waals surface area (Å²) in [6.45, 7) is 2.03. The minimum atomic E-state index is -0.490. The van der Waals surface area contributed by atoms with Gasteiger partial charge in [0, 0.05) is 9.35 Å². The SMILES string of the molecule is CCc1ccc(C(=O)c2c(F)cccc2Br)s1. The summed E-state index contributed by atoms with van der Waals surface area (Å²) in [6.07, 6.45) is 0.885. The Hall–Kier alpha value is -1.000. The van der Waals surface area contributed by atoms with Gasteiger partial charge in [-0.25, -0.2) is 4.39 Å². The maximum absolute atomic E-state index is 13.6. The van der Waals surface area contributed by atoms with E-state index in [1.54, 1.807) is 18.2 Å². The van der Waals surface area contributed by atoms with Gasteiger partial charge in [0.2, 0.25) is 5.78 Å². The highest BCUT2D eigenvalue weighted by molar-refractivity contribution is 9.10. The van der Waals surface area contributed by atoms with Crippen LogP contribution in [0.15, 0.2) is 34.8 Å². The van der Waals surface area contributed by atoms with Crippen molar-refractivity contribution in [3.05, 3.63) is 55.9 Å². The van der Waals surface area contributed by atoms with Crippen LogP contribution >= 0.6 is 27.3 Å². The second-order valence-electron chi connectivity index (χ2n) is 3.55. The molecular formula is C13H10BrFOS. The normalized spacial score (nSPS) is 10.5. The summed E-state index contributed by atoms with van der Waals surface area (Å²) in [5, 5.41) is 0. The molecule has 0 N–H and O–H groups in total. The monoisotopic (exact) mass is 312 g/mol. The zero-order chi connectivity index (χ0) is 12.4. The fourth-order valence-electron chi connectivity index (χ4n) is 1.53. The van der Waals surface area contributed by atoms with Gasteiger partial charge in [-0.1, -0.05) is 13.0 Å². The van der Waals surface area contributed by atoms with Crippen molar-refractivity contribution in [3.8, 4) is 0 Å². The Morgan fingerprint density at radius 2 is 2.12 bits per heavy atom. The predicted octanol–water partition coefficient (Wildman–Crippen LogP) is 4.44. The Morgan fingerprint density at radius 3 is 2.71 bits per heavy atom. The van der Waals surface area contributed by atoms with Gasteiger partial charge in [-0.3, -0.25) is 4.79 Å². The molecule has 0 radical (unpaired) electrons. The standard InChI is InChI=1S/C13H10BrFOS/c1-2-8-6-7-11(17-8)13(16)12-9(14)4-3-5-10(12)15/h3-7H,2H2,1H3. The fourth-order valence-corrected chi connectivity index (χ4v) is 2.94. The van der Waals surface area contributed by atoms with Crippen LogP contribution in [0.25, 0.3) is 0 Å². The molecule has 0 bridgehead atoms. The molecule has 17 heavy (non-hydrogen) atoms. The molecule has 0 atom stereocenters. The van der Waals surface area contributed by atoms with Gasteiger partial charge < -0.3 is 0 Å². The molecule has 0 saturated carbocycles. The number of rotatable bonds is 3. The summed E-state index contributed by atoms with van der Waals surface area (Å²) in [5.41, 5.74) is 0.108. The molecule has 88 valence electrons. The number of carbonyl (C=O) groups excluding carboxylic acids is 1. The molecule has 1 aromatic carbocycles. The first-order valence-corrected chi connectivity index (χ1v) is 6.82. The number of ketones is 1. The van der Waals surface area contributed by atoms with Crippen LogP contribution in [0.2, 0.25) is 0 Å². The van der Waals surface area contributed by atoms with E-state index in [1.807, 2.05) is 13.0 Å². The lowest BCUT2D eigenvalue weighted by atomic mass is 10.1. The van der Waals surface area contributed by atoms with E-state index in [4.69, 9.17) is 0 Å². The van der Waals surface area contributed by atoms with Gasteiger partial charge in [0.15, 0.2) is 0 Å². The molecule has 0 amide bonds. The largest absolute Gasteiger partial charge is 0.288 e. The smallest absolute Gasteiger partial charge is 0.207 e. The maximum Gasteiger partial charge on any atom is 0.207 e. The molecular weight excluding hydrogens is 303 g/mol. The Kier molecular flexibility index (Phi) is 3.74. The number of benzene rings is 1. The molecule has 1 nitrogen and oxygen atoms in total. The second-order valence-corrected chi connectivity index (χ2v) is 5.57. The lowest BCUT2D eigenvalue weighted by molar-refractivity contribution is 0.103. The van der Waals surface area contributed by atoms with Crippen LogP contribution in [0, 0.1) is 5.82 Å². The third-order valence-corrected chi connectivity index (χ3v) is 4.31. The molecule has 0 aliphatic carbocycles. The highest BCUT2D eigenvalue weighted by Gasteiger charge is 2.18. The summed E-state index contributed by atoms with van der Waals surface area (Å²) >= 11 is 4.63. The topological polar surface area (TPSA) is 17.1 Å². The van der Waals surface area contributed by atoms with Gasteiger partial charge in [-0.2, -0.15) is 0 Å². The van der Waals surface area contributed by atoms with Gasteiger partial charge in [-0.05, 0) is 46.6 Å². The Morgan fingerprint density at radius 1 is 1.35 bits per heavy atom. The van der Waals surface area contributed by atoms with E-state index in [9.17, 15) is 9.18 Å². The first-order valence-electron chi connectivity index (χ1n) is 5.21. The minimum Gasteiger partial charge on any atom is -0.288 e. The average Bonchev–Trinajstić information content (AvgIpc) is 2.77. The van der Waals surface area contributed by atoms with Gasteiger partial charge in [0.1, 0.15) is 5.82 Å². The Labute approximate surface area is 111 Å². The number of carbonyl (C=O) groups is 1. The van der Waals surface area contributed by atoms with Crippen molar-refractivity contribution < 1.29 is 9.18 Å². The average molecular weight is 313 g/mol. The number of thiophene rings is 1. The third kappa shape index (κ3) is 2.48. The highest BCUT2D eigenvalue weighted by atomic mass is 79.9. The Balaban J connectivity index is 2.43. The van der Waals surface area contributed by atoms with Crippen molar-refractivity contribution >= 4 is 33.0 Å². The Bertz CT molecular complexity index is 542. The van der Waals surface area contributed by atoms with Crippen molar-refractivity contribution in [3.63, 3.8) is 0 Å². The zero-order valence-electron chi connectivity index (χ0n) is 9.17. The molecule has 0 saturated heterocycles. The van der Waals surface area contributed by atoms with Crippen molar-refractivity contribution in [2.45, 2.75) is 13.3 Å². The summed E-state index contributed by atoms with van der Waals surface area (Å²) in [4.78, 5) is 13.9. The lowest BCUT2D eigenvalue weighted by Crippen LogP contribution is -2.03. The van der Waals surface area contributed by atoms with E-state index in [1.165, 1.54) is 17.4 Å². The van der Waals surface area contributed by atoms with Gasteiger partial charge >= 0.3 is 0 Å². The van der Waals surface area contributed by atoms with Crippen LogP contribution in [0.5, 0.6) is 0 Å². The third-order valence-electron chi connectivity index (χ3n) is 2.42. The van der Waals surface area contributed by atoms with Gasteiger partial charge in [-0.15, -0.1) is 11.3 Å². The number of hydrogen-bond donors (Lipinski definition) is 0. The number of halogens is 2. The molecule has 4 heteroatoms. The van der Waals surface area contributed by atoms with E-state index in [-0.39, 0.29) is 11.3 Å². The molecule has 0 aliphatic rings. The molecule has 0 unspecified atom stereocenters. The van der Waals surface area contributed by atoms with E-state index in [2.05, 4.69) is 15.9 Å². The van der Waals surface area contributed by atoms with Gasteiger partial charge in [0.25, 0.3) is 0 Å². The van der Waals surface area contributed by atoms with Crippen LogP contribution in [-0.2, 0) is 6.42 Å². The van der Waals surface area contributed by atoms with Crippen LogP contribution in [0.1, 0.15) is 27.0 Å². The predicted molar refractivity (Wildman–Crippen MR) is 71.2 cm³/mol. The quantitative estimate of drug-likeness (QED) is 0.766. The van der Waals surface area contributed by atoms with Crippen molar-refractivity contribution in [2.24, 2.45) is 0 Å². The summed E-state index contributed by atoms with van der Waals surface area (Å²) in [6, 6.07) is 8.20. The zero-order valence-corrected chi connectivity index (χ0v) is 11.6.